The van der Waals surface area contributed by atoms with E-state index in [1.807, 2.05) is 0 Å². The van der Waals surface area contributed by atoms with Crippen LogP contribution in [0.5, 0.6) is 0 Å². The number of hydrogen-bond donors (Lipinski definition) is 0. The van der Waals surface area contributed by atoms with Gasteiger partial charge in [0.1, 0.15) is 0 Å². The van der Waals surface area contributed by atoms with Gasteiger partial charge in [0, 0.05) is 26.2 Å². The van der Waals surface area contributed by atoms with Crippen LogP contribution >= 0.6 is 23.2 Å². The lowest BCUT2D eigenvalue weighted by atomic mass is 10.3. The lowest BCUT2D eigenvalue weighted by molar-refractivity contribution is 0.188. The van der Waals surface area contributed by atoms with Gasteiger partial charge in [-0.3, -0.25) is 0 Å². The first-order valence-electron chi connectivity index (χ1n) is 6.62. The highest BCUT2D eigenvalue weighted by Gasteiger charge is 2.28. The summed E-state index contributed by atoms with van der Waals surface area (Å²) >= 11 is 11.7. The second-order valence-electron chi connectivity index (χ2n) is 4.82. The summed E-state index contributed by atoms with van der Waals surface area (Å²) in [4.78, 5) is 2.48. The van der Waals surface area contributed by atoms with E-state index in [9.17, 15) is 8.42 Å². The molecule has 0 atom stereocenters. The fourth-order valence-corrected chi connectivity index (χ4v) is 4.11. The maximum atomic E-state index is 12.5. The third kappa shape index (κ3) is 3.46. The molecule has 1 aliphatic heterocycles. The summed E-state index contributed by atoms with van der Waals surface area (Å²) in [5, 5.41) is 0.621. The van der Waals surface area contributed by atoms with E-state index in [1.165, 1.54) is 22.5 Å². The minimum absolute atomic E-state index is 0.204. The Kier molecular flexibility index (Phi) is 5.31. The molecular formula is C13H18Cl2N2O2S. The van der Waals surface area contributed by atoms with Gasteiger partial charge in [-0.25, -0.2) is 8.42 Å². The molecule has 1 fully saturated rings. The van der Waals surface area contributed by atoms with Crippen LogP contribution in [0.25, 0.3) is 0 Å². The zero-order valence-electron chi connectivity index (χ0n) is 11.3. The van der Waals surface area contributed by atoms with Gasteiger partial charge >= 0.3 is 0 Å². The van der Waals surface area contributed by atoms with Gasteiger partial charge in [-0.05, 0) is 31.2 Å². The van der Waals surface area contributed by atoms with Crippen LogP contribution in [0.15, 0.2) is 23.1 Å². The predicted molar refractivity (Wildman–Crippen MR) is 82.0 cm³/mol. The van der Waals surface area contributed by atoms with Crippen molar-refractivity contribution in [3.63, 3.8) is 0 Å². The van der Waals surface area contributed by atoms with E-state index in [-0.39, 0.29) is 9.92 Å². The molecular weight excluding hydrogens is 319 g/mol. The van der Waals surface area contributed by atoms with E-state index in [0.29, 0.717) is 18.1 Å². The lowest BCUT2D eigenvalue weighted by Gasteiger charge is -2.33. The molecule has 0 aliphatic carbocycles. The Bertz CT molecular complexity index is 570. The third-order valence-electron chi connectivity index (χ3n) is 3.40. The molecule has 0 amide bonds. The fourth-order valence-electron chi connectivity index (χ4n) is 2.30. The van der Waals surface area contributed by atoms with Crippen LogP contribution in [0.1, 0.15) is 13.3 Å². The van der Waals surface area contributed by atoms with E-state index in [2.05, 4.69) is 11.8 Å². The Hall–Kier alpha value is -0.330. The fraction of sp³-hybridized carbons (Fsp3) is 0.538. The summed E-state index contributed by atoms with van der Waals surface area (Å²) in [5.74, 6) is 0. The molecule has 1 aliphatic rings. The van der Waals surface area contributed by atoms with Crippen molar-refractivity contribution in [3.8, 4) is 0 Å². The van der Waals surface area contributed by atoms with Crippen molar-refractivity contribution < 1.29 is 8.42 Å². The average Bonchev–Trinajstić information content (AvgIpc) is 2.43. The molecule has 2 rings (SSSR count). The average molecular weight is 337 g/mol. The summed E-state index contributed by atoms with van der Waals surface area (Å²) < 4.78 is 26.6. The quantitative estimate of drug-likeness (QED) is 0.848. The van der Waals surface area contributed by atoms with E-state index >= 15 is 0 Å². The molecule has 0 spiro atoms. The molecule has 20 heavy (non-hydrogen) atoms. The first-order chi connectivity index (χ1) is 9.45. The molecule has 1 aromatic rings. The number of rotatable bonds is 4. The molecule has 4 nitrogen and oxygen atoms in total. The van der Waals surface area contributed by atoms with Crippen molar-refractivity contribution in [3.05, 3.63) is 28.2 Å². The number of halogens is 2. The van der Waals surface area contributed by atoms with Crippen LogP contribution < -0.4 is 0 Å². The smallest absolute Gasteiger partial charge is 0.243 e. The Balaban J connectivity index is 2.13. The summed E-state index contributed by atoms with van der Waals surface area (Å²) in [6.45, 7) is 5.72. The lowest BCUT2D eigenvalue weighted by Crippen LogP contribution is -2.48. The van der Waals surface area contributed by atoms with Gasteiger partial charge in [0.2, 0.25) is 10.0 Å². The molecule has 0 unspecified atom stereocenters. The maximum Gasteiger partial charge on any atom is 0.243 e. The van der Waals surface area contributed by atoms with Gasteiger partial charge < -0.3 is 4.90 Å². The summed E-state index contributed by atoms with van der Waals surface area (Å²) in [5.41, 5.74) is 0. The predicted octanol–water partition coefficient (Wildman–Crippen LogP) is 2.71. The van der Waals surface area contributed by atoms with Crippen molar-refractivity contribution >= 4 is 33.2 Å². The Labute approximate surface area is 130 Å². The first kappa shape index (κ1) is 16.0. The van der Waals surface area contributed by atoms with Crippen molar-refractivity contribution in [1.82, 2.24) is 9.21 Å². The van der Waals surface area contributed by atoms with E-state index < -0.39 is 10.0 Å². The Morgan fingerprint density at radius 3 is 2.30 bits per heavy atom. The van der Waals surface area contributed by atoms with Gasteiger partial charge in [0.15, 0.2) is 0 Å². The van der Waals surface area contributed by atoms with Gasteiger partial charge in [0.25, 0.3) is 0 Å². The standard InChI is InChI=1S/C13H18Cl2N2O2S/c1-2-5-16-6-8-17(9-7-16)20(18,19)11-3-4-12(14)13(15)10-11/h3-4,10H,2,5-9H2,1H3. The van der Waals surface area contributed by atoms with E-state index in [1.54, 1.807) is 0 Å². The SMILES string of the molecule is CCCN1CCN(S(=O)(=O)c2ccc(Cl)c(Cl)c2)CC1. The zero-order valence-corrected chi connectivity index (χ0v) is 13.7. The van der Waals surface area contributed by atoms with Crippen LogP contribution in [0, 0.1) is 0 Å². The van der Waals surface area contributed by atoms with Gasteiger partial charge in [0.05, 0.1) is 14.9 Å². The Morgan fingerprint density at radius 2 is 1.75 bits per heavy atom. The normalized spacial score (nSPS) is 18.4. The summed E-state index contributed by atoms with van der Waals surface area (Å²) in [7, 11) is -3.48. The van der Waals surface area contributed by atoms with Crippen molar-refractivity contribution in [2.45, 2.75) is 18.2 Å². The number of piperazine rings is 1. The largest absolute Gasteiger partial charge is 0.301 e. The second kappa shape index (κ2) is 6.62. The molecule has 1 aromatic carbocycles. The molecule has 1 heterocycles. The van der Waals surface area contributed by atoms with Crippen molar-refractivity contribution in [1.29, 1.82) is 0 Å². The van der Waals surface area contributed by atoms with Gasteiger partial charge in [-0.1, -0.05) is 30.1 Å². The molecule has 112 valence electrons. The zero-order chi connectivity index (χ0) is 14.8. The van der Waals surface area contributed by atoms with E-state index in [0.717, 1.165) is 26.1 Å². The van der Waals surface area contributed by atoms with Crippen LogP contribution in [-0.4, -0.2) is 50.3 Å². The van der Waals surface area contributed by atoms with Crippen molar-refractivity contribution in [2.75, 3.05) is 32.7 Å². The highest BCUT2D eigenvalue weighted by atomic mass is 35.5. The molecule has 0 aromatic heterocycles. The number of sulfonamides is 1. The summed E-state index contributed by atoms with van der Waals surface area (Å²) in [6.07, 6.45) is 1.08. The summed E-state index contributed by atoms with van der Waals surface area (Å²) in [6, 6.07) is 4.43. The van der Waals surface area contributed by atoms with Crippen LogP contribution in [-0.2, 0) is 10.0 Å². The topological polar surface area (TPSA) is 40.6 Å². The van der Waals surface area contributed by atoms with E-state index in [4.69, 9.17) is 23.2 Å². The number of hydrogen-bond acceptors (Lipinski definition) is 3. The van der Waals surface area contributed by atoms with Crippen LogP contribution in [0.3, 0.4) is 0 Å². The minimum Gasteiger partial charge on any atom is -0.301 e. The van der Waals surface area contributed by atoms with Gasteiger partial charge in [-0.2, -0.15) is 4.31 Å². The molecule has 0 N–H and O–H groups in total. The monoisotopic (exact) mass is 336 g/mol. The molecule has 1 saturated heterocycles. The Morgan fingerprint density at radius 1 is 1.10 bits per heavy atom. The highest BCUT2D eigenvalue weighted by Crippen LogP contribution is 2.26. The molecule has 0 saturated carbocycles. The minimum atomic E-state index is -3.48. The van der Waals surface area contributed by atoms with Crippen molar-refractivity contribution in [2.24, 2.45) is 0 Å². The molecule has 0 radical (unpaired) electrons. The van der Waals surface area contributed by atoms with Crippen LogP contribution in [0.2, 0.25) is 10.0 Å². The first-order valence-corrected chi connectivity index (χ1v) is 8.82. The van der Waals surface area contributed by atoms with Gasteiger partial charge in [-0.15, -0.1) is 0 Å². The number of benzene rings is 1. The van der Waals surface area contributed by atoms with Crippen LogP contribution in [0.4, 0.5) is 0 Å². The maximum absolute atomic E-state index is 12.5. The molecule has 7 heteroatoms. The number of nitrogens with zero attached hydrogens (tertiary/aromatic N) is 2. The highest BCUT2D eigenvalue weighted by molar-refractivity contribution is 7.89. The second-order valence-corrected chi connectivity index (χ2v) is 7.57. The third-order valence-corrected chi connectivity index (χ3v) is 6.03. The molecule has 0 bridgehead atoms.